The van der Waals surface area contributed by atoms with Crippen LogP contribution in [0.2, 0.25) is 0 Å². The van der Waals surface area contributed by atoms with Crippen LogP contribution in [0.5, 0.6) is 0 Å². The number of hydrogen-bond acceptors (Lipinski definition) is 4. The molecule has 0 aromatic rings. The van der Waals surface area contributed by atoms with Crippen LogP contribution in [-0.2, 0) is 22.4 Å². The van der Waals surface area contributed by atoms with Crippen LogP contribution in [0.15, 0.2) is 0 Å². The van der Waals surface area contributed by atoms with Gasteiger partial charge in [-0.15, -0.1) is 0 Å². The van der Waals surface area contributed by atoms with Gasteiger partial charge in [0.25, 0.3) is 0 Å². The van der Waals surface area contributed by atoms with Gasteiger partial charge in [0.15, 0.2) is 0 Å². The van der Waals surface area contributed by atoms with E-state index in [0.29, 0.717) is 0 Å². The molecule has 0 aliphatic carbocycles. The normalized spacial score (nSPS) is 8.57. The third-order valence-corrected chi connectivity index (χ3v) is 0. The molecule has 0 fully saturated rings. The molecule has 0 saturated carbocycles. The van der Waals surface area contributed by atoms with E-state index < -0.39 is 9.05 Å². The predicted octanol–water partition coefficient (Wildman–Crippen LogP) is -3.26. The molecule has 0 heterocycles. The Morgan fingerprint density at radius 3 is 0.857 bits per heavy atom. The molecule has 0 bridgehead atoms. The van der Waals surface area contributed by atoms with E-state index in [-0.39, 0.29) is 41.2 Å². The standard InChI is InChI=1S/Li.Nb.H4O4Si.H/c;;1-5(2,3)4;/h;;1-4H;. The van der Waals surface area contributed by atoms with Crippen molar-refractivity contribution in [1.29, 1.82) is 0 Å². The summed E-state index contributed by atoms with van der Waals surface area (Å²) in [5, 5.41) is 0. The van der Waals surface area contributed by atoms with Crippen molar-refractivity contribution in [3.63, 3.8) is 0 Å². The summed E-state index contributed by atoms with van der Waals surface area (Å²) in [6, 6.07) is 0. The van der Waals surface area contributed by atoms with Crippen molar-refractivity contribution in [3.8, 4) is 0 Å². The van der Waals surface area contributed by atoms with Crippen LogP contribution in [0.3, 0.4) is 0 Å². The average Bonchev–Trinajstić information content (AvgIpc) is 0.722. The molecule has 0 saturated heterocycles. The molecular weight excluding hydrogens is 192 g/mol. The van der Waals surface area contributed by atoms with Gasteiger partial charge in [0.05, 0.1) is 0 Å². The Kier molecular flexibility index (Phi) is 12.5. The van der Waals surface area contributed by atoms with Gasteiger partial charge in [-0.1, -0.05) is 0 Å². The Labute approximate surface area is 69.4 Å². The van der Waals surface area contributed by atoms with Crippen LogP contribution in [0.25, 0.3) is 0 Å². The Balaban J connectivity index is -0.0000000800. The first kappa shape index (κ1) is 15.8. The zero-order chi connectivity index (χ0) is 4.50. The van der Waals surface area contributed by atoms with Crippen LogP contribution in [-0.4, -0.2) is 47.1 Å². The quantitative estimate of drug-likeness (QED) is 0.307. The van der Waals surface area contributed by atoms with Gasteiger partial charge in [-0.05, 0) is 0 Å². The van der Waals surface area contributed by atoms with Crippen LogP contribution < -0.4 is 0 Å². The summed E-state index contributed by atoms with van der Waals surface area (Å²) in [7, 11) is -4.61. The largest absolute Gasteiger partial charge is 0 e. The van der Waals surface area contributed by atoms with Gasteiger partial charge >= 0.3 is 27.9 Å². The minimum atomic E-state index is -4.61. The molecule has 0 unspecified atom stereocenters. The summed E-state index contributed by atoms with van der Waals surface area (Å²) in [6.07, 6.45) is 0. The van der Waals surface area contributed by atoms with Gasteiger partial charge in [0, 0.05) is 22.4 Å². The summed E-state index contributed by atoms with van der Waals surface area (Å²) in [5.74, 6) is 0. The summed E-state index contributed by atoms with van der Waals surface area (Å²) >= 11 is 0. The van der Waals surface area contributed by atoms with Gasteiger partial charge in [0.1, 0.15) is 0 Å². The van der Waals surface area contributed by atoms with E-state index in [0.717, 1.165) is 0 Å². The minimum absolute atomic E-state index is 0. The van der Waals surface area contributed by atoms with Gasteiger partial charge in [-0.3, -0.25) is 0 Å². The van der Waals surface area contributed by atoms with Crippen molar-refractivity contribution < 1.29 is 41.6 Å². The monoisotopic (exact) mass is 197 g/mol. The molecule has 0 rings (SSSR count). The maximum atomic E-state index is 7.33. The molecule has 0 spiro atoms. The van der Waals surface area contributed by atoms with Gasteiger partial charge in [-0.25, -0.2) is 0 Å². The van der Waals surface area contributed by atoms with Crippen molar-refractivity contribution in [1.82, 2.24) is 0 Å². The second-order valence-corrected chi connectivity index (χ2v) is 1.80. The van der Waals surface area contributed by atoms with E-state index in [9.17, 15) is 0 Å². The molecule has 0 aliphatic rings. The Bertz CT molecular complexity index is 27.2. The fourth-order valence-electron chi connectivity index (χ4n) is 0. The topological polar surface area (TPSA) is 80.9 Å². The van der Waals surface area contributed by atoms with Crippen LogP contribution in [0.1, 0.15) is 0 Å². The predicted molar refractivity (Wildman–Crippen MR) is 21.8 cm³/mol. The second kappa shape index (κ2) is 5.53. The van der Waals surface area contributed by atoms with Crippen molar-refractivity contribution in [3.05, 3.63) is 0 Å². The number of hydrogen-bond donors (Lipinski definition) is 4. The summed E-state index contributed by atoms with van der Waals surface area (Å²) in [6.45, 7) is 0. The fraction of sp³-hybridized carbons (Fsp3) is 0. The van der Waals surface area contributed by atoms with E-state index in [4.69, 9.17) is 19.2 Å². The Morgan fingerprint density at radius 1 is 0.857 bits per heavy atom. The Morgan fingerprint density at radius 2 is 0.857 bits per heavy atom. The van der Waals surface area contributed by atoms with E-state index in [1.165, 1.54) is 0 Å². The van der Waals surface area contributed by atoms with E-state index >= 15 is 0 Å². The molecule has 7 heavy (non-hydrogen) atoms. The summed E-state index contributed by atoms with van der Waals surface area (Å²) in [4.78, 5) is 29.3. The first-order valence-corrected chi connectivity index (χ1v) is 2.68. The zero-order valence-corrected chi connectivity index (χ0v) is 5.93. The maximum Gasteiger partial charge on any atom is 0 e. The average molecular weight is 197 g/mol. The Hall–Kier alpha value is 1.39. The maximum absolute atomic E-state index is 7.33. The van der Waals surface area contributed by atoms with Crippen LogP contribution in [0, 0.1) is 0 Å². The van der Waals surface area contributed by atoms with Crippen molar-refractivity contribution in [2.24, 2.45) is 0 Å². The van der Waals surface area contributed by atoms with Crippen molar-refractivity contribution in [2.75, 3.05) is 0 Å². The fourth-order valence-corrected chi connectivity index (χ4v) is 0. The summed E-state index contributed by atoms with van der Waals surface area (Å²) < 4.78 is 0. The molecule has 39 valence electrons. The van der Waals surface area contributed by atoms with Crippen LogP contribution >= 0.6 is 0 Å². The second-order valence-electron chi connectivity index (χ2n) is 0.600. The molecule has 0 aromatic heterocycles. The molecule has 7 heteroatoms. The molecule has 0 aliphatic heterocycles. The third-order valence-electron chi connectivity index (χ3n) is 0. The third kappa shape index (κ3) is 111. The van der Waals surface area contributed by atoms with Crippen molar-refractivity contribution in [2.45, 2.75) is 0 Å². The molecule has 0 amide bonds. The molecular formula is H5LiNbO4Si. The minimum Gasteiger partial charge on any atom is 0 e. The van der Waals surface area contributed by atoms with E-state index in [2.05, 4.69) is 0 Å². The SMILES string of the molecule is O[Si](O)(O)O.[LiH].[Nb]. The molecule has 1 radical (unpaired) electrons. The van der Waals surface area contributed by atoms with E-state index in [1.54, 1.807) is 0 Å². The first-order valence-electron chi connectivity index (χ1n) is 0.894. The molecule has 4 nitrogen and oxygen atoms in total. The zero-order valence-electron chi connectivity index (χ0n) is 2.74. The first-order chi connectivity index (χ1) is 2.00. The molecule has 4 N–H and O–H groups in total. The van der Waals surface area contributed by atoms with Gasteiger partial charge in [-0.2, -0.15) is 0 Å². The van der Waals surface area contributed by atoms with Crippen LogP contribution in [0.4, 0.5) is 0 Å². The van der Waals surface area contributed by atoms with Gasteiger partial charge in [0.2, 0.25) is 0 Å². The summed E-state index contributed by atoms with van der Waals surface area (Å²) in [5.41, 5.74) is 0. The number of rotatable bonds is 0. The van der Waals surface area contributed by atoms with Gasteiger partial charge < -0.3 is 19.2 Å². The molecule has 0 aromatic carbocycles. The van der Waals surface area contributed by atoms with E-state index in [1.807, 2.05) is 0 Å². The molecule has 0 atom stereocenters. The smallest absolute Gasteiger partial charge is 0 e. The van der Waals surface area contributed by atoms with Crippen molar-refractivity contribution >= 4 is 27.9 Å².